The molecule has 0 spiro atoms. The second-order valence-corrected chi connectivity index (χ2v) is 6.90. The van der Waals surface area contributed by atoms with E-state index in [9.17, 15) is 0 Å². The lowest BCUT2D eigenvalue weighted by Crippen LogP contribution is -1.93. The molecule has 0 heterocycles. The molecule has 0 aliphatic carbocycles. The summed E-state index contributed by atoms with van der Waals surface area (Å²) in [4.78, 5) is 0. The third-order valence-corrected chi connectivity index (χ3v) is 4.36. The first-order valence-corrected chi connectivity index (χ1v) is 10.6. The van der Waals surface area contributed by atoms with E-state index >= 15 is 0 Å². The van der Waals surface area contributed by atoms with E-state index < -0.39 is 0 Å². The summed E-state index contributed by atoms with van der Waals surface area (Å²) in [7, 11) is 3.36. The highest BCUT2D eigenvalue weighted by molar-refractivity contribution is 5.20. The minimum Gasteiger partial charge on any atom is -0.497 e. The summed E-state index contributed by atoms with van der Waals surface area (Å²) in [5, 5.41) is 0. The van der Waals surface area contributed by atoms with Crippen molar-refractivity contribution in [2.75, 3.05) is 14.2 Å². The number of hydrogen-bond acceptors (Lipinski definition) is 3. The Morgan fingerprint density at radius 1 is 0.438 bits per heavy atom. The Balaban J connectivity index is 0.000000183. The zero-order valence-electron chi connectivity index (χ0n) is 18.9. The van der Waals surface area contributed by atoms with Gasteiger partial charge in [0.1, 0.15) is 5.75 Å². The summed E-state index contributed by atoms with van der Waals surface area (Å²) < 4.78 is 15.4. The van der Waals surface area contributed by atoms with Crippen LogP contribution >= 0.6 is 0 Å². The number of hydrogen-bond donors (Lipinski definition) is 0. The molecule has 0 fully saturated rings. The van der Waals surface area contributed by atoms with Crippen LogP contribution in [-0.2, 0) is 29.3 Å². The Morgan fingerprint density at radius 2 is 0.781 bits per heavy atom. The lowest BCUT2D eigenvalue weighted by Gasteiger charge is -2.03. The van der Waals surface area contributed by atoms with E-state index in [1.165, 1.54) is 16.7 Å². The van der Waals surface area contributed by atoms with E-state index in [1.54, 1.807) is 14.2 Å². The highest BCUT2D eigenvalue weighted by Crippen LogP contribution is 2.06. The average Bonchev–Trinajstić information content (AvgIpc) is 2.88. The van der Waals surface area contributed by atoms with Gasteiger partial charge in [-0.3, -0.25) is 0 Å². The van der Waals surface area contributed by atoms with Gasteiger partial charge < -0.3 is 14.2 Å². The molecule has 4 aromatic carbocycles. The molecule has 166 valence electrons. The largest absolute Gasteiger partial charge is 0.497 e. The normalized spacial score (nSPS) is 9.56. The summed E-state index contributed by atoms with van der Waals surface area (Å²) in [5.74, 6) is 0.910. The highest BCUT2D eigenvalue weighted by Gasteiger charge is 1.93. The van der Waals surface area contributed by atoms with E-state index in [4.69, 9.17) is 14.2 Å². The predicted octanol–water partition coefficient (Wildman–Crippen LogP) is 6.93. The van der Waals surface area contributed by atoms with Gasteiger partial charge in [0.2, 0.25) is 0 Å². The smallest absolute Gasteiger partial charge is 0.118 e. The van der Waals surface area contributed by atoms with Crippen molar-refractivity contribution in [2.24, 2.45) is 0 Å². The fourth-order valence-corrected chi connectivity index (χ4v) is 2.73. The standard InChI is InChI=1S/C14H14O.C8H10O.C7H8O/c1-3-7-13(8-4-1)11-15-12-14-9-5-2-6-10-14;1-9-7-8-5-3-2-4-6-8;1-8-7-5-3-2-4-6-7/h1-10H,11-12H2;2-6H,7H2,1H3;2-6H,1H3. The molecular formula is C29H32O3. The quantitative estimate of drug-likeness (QED) is 0.319. The van der Waals surface area contributed by atoms with Gasteiger partial charge in [-0.2, -0.15) is 0 Å². The van der Waals surface area contributed by atoms with Crippen LogP contribution in [0.2, 0.25) is 0 Å². The summed E-state index contributed by atoms with van der Waals surface area (Å²) in [6.07, 6.45) is 0. The molecule has 4 aromatic rings. The van der Waals surface area contributed by atoms with Gasteiger partial charge in [-0.15, -0.1) is 0 Å². The Bertz CT molecular complexity index is 887. The molecule has 0 aliphatic heterocycles. The van der Waals surface area contributed by atoms with Crippen LogP contribution < -0.4 is 4.74 Å². The molecule has 0 radical (unpaired) electrons. The fourth-order valence-electron chi connectivity index (χ4n) is 2.73. The van der Waals surface area contributed by atoms with Crippen molar-refractivity contribution in [3.63, 3.8) is 0 Å². The molecule has 0 bridgehead atoms. The third kappa shape index (κ3) is 11.1. The van der Waals surface area contributed by atoms with E-state index in [0.29, 0.717) is 19.8 Å². The van der Waals surface area contributed by atoms with Crippen molar-refractivity contribution < 1.29 is 14.2 Å². The zero-order chi connectivity index (χ0) is 22.7. The van der Waals surface area contributed by atoms with E-state index in [2.05, 4.69) is 24.3 Å². The van der Waals surface area contributed by atoms with Crippen LogP contribution in [0.5, 0.6) is 5.75 Å². The van der Waals surface area contributed by atoms with Crippen LogP contribution in [0.25, 0.3) is 0 Å². The molecule has 0 amide bonds. The van der Waals surface area contributed by atoms with E-state index in [1.807, 2.05) is 97.1 Å². The molecule has 4 rings (SSSR count). The van der Waals surface area contributed by atoms with Gasteiger partial charge in [-0.05, 0) is 28.8 Å². The number of ether oxygens (including phenoxy) is 3. The van der Waals surface area contributed by atoms with Crippen LogP contribution in [0.15, 0.2) is 121 Å². The van der Waals surface area contributed by atoms with Gasteiger partial charge in [0.15, 0.2) is 0 Å². The molecule has 32 heavy (non-hydrogen) atoms. The van der Waals surface area contributed by atoms with Crippen molar-refractivity contribution in [3.8, 4) is 5.75 Å². The minimum atomic E-state index is 0.676. The first-order chi connectivity index (χ1) is 15.8. The zero-order valence-corrected chi connectivity index (χ0v) is 18.9. The second-order valence-electron chi connectivity index (χ2n) is 6.90. The summed E-state index contributed by atoms with van der Waals surface area (Å²) in [6, 6.07) is 40.2. The van der Waals surface area contributed by atoms with Crippen molar-refractivity contribution in [1.29, 1.82) is 0 Å². The molecule has 0 saturated carbocycles. The van der Waals surface area contributed by atoms with Crippen LogP contribution in [0.4, 0.5) is 0 Å². The Kier molecular flexibility index (Phi) is 12.7. The summed E-state index contributed by atoms with van der Waals surface area (Å²) >= 11 is 0. The Labute approximate surface area is 192 Å². The molecule has 0 saturated heterocycles. The van der Waals surface area contributed by atoms with Crippen LogP contribution in [0, 0.1) is 0 Å². The van der Waals surface area contributed by atoms with Crippen LogP contribution in [-0.4, -0.2) is 14.2 Å². The van der Waals surface area contributed by atoms with Crippen molar-refractivity contribution in [3.05, 3.63) is 138 Å². The molecule has 0 unspecified atom stereocenters. The summed E-state index contributed by atoms with van der Waals surface area (Å²) in [5.41, 5.74) is 3.65. The monoisotopic (exact) mass is 428 g/mol. The fraction of sp³-hybridized carbons (Fsp3) is 0.172. The molecule has 0 atom stereocenters. The average molecular weight is 429 g/mol. The van der Waals surface area contributed by atoms with Crippen molar-refractivity contribution in [1.82, 2.24) is 0 Å². The molecule has 3 nitrogen and oxygen atoms in total. The summed E-state index contributed by atoms with van der Waals surface area (Å²) in [6.45, 7) is 2.06. The number of para-hydroxylation sites is 1. The molecule has 0 N–H and O–H groups in total. The number of benzene rings is 4. The first kappa shape index (κ1) is 24.9. The minimum absolute atomic E-state index is 0.676. The molecule has 0 aliphatic rings. The lowest BCUT2D eigenvalue weighted by molar-refractivity contribution is 0.107. The lowest BCUT2D eigenvalue weighted by atomic mass is 10.2. The van der Waals surface area contributed by atoms with Crippen molar-refractivity contribution >= 4 is 0 Å². The second kappa shape index (κ2) is 16.3. The molecule has 3 heteroatoms. The molecular weight excluding hydrogens is 396 g/mol. The van der Waals surface area contributed by atoms with Gasteiger partial charge in [-0.25, -0.2) is 0 Å². The van der Waals surface area contributed by atoms with Gasteiger partial charge >= 0.3 is 0 Å². The topological polar surface area (TPSA) is 27.7 Å². The van der Waals surface area contributed by atoms with Gasteiger partial charge in [-0.1, -0.05) is 109 Å². The number of methoxy groups -OCH3 is 2. The van der Waals surface area contributed by atoms with E-state index in [-0.39, 0.29) is 0 Å². The number of rotatable bonds is 7. The SMILES string of the molecule is COCc1ccccc1.COc1ccccc1.c1ccc(COCc2ccccc2)cc1. The van der Waals surface area contributed by atoms with Gasteiger partial charge in [0.25, 0.3) is 0 Å². The Morgan fingerprint density at radius 3 is 1.09 bits per heavy atom. The maximum absolute atomic E-state index is 5.61. The maximum Gasteiger partial charge on any atom is 0.118 e. The van der Waals surface area contributed by atoms with E-state index in [0.717, 1.165) is 5.75 Å². The van der Waals surface area contributed by atoms with Crippen LogP contribution in [0.3, 0.4) is 0 Å². The molecule has 0 aromatic heterocycles. The van der Waals surface area contributed by atoms with Gasteiger partial charge in [0.05, 0.1) is 26.9 Å². The highest BCUT2D eigenvalue weighted by atomic mass is 16.5. The third-order valence-electron chi connectivity index (χ3n) is 4.36. The van der Waals surface area contributed by atoms with Crippen LogP contribution in [0.1, 0.15) is 16.7 Å². The predicted molar refractivity (Wildman–Crippen MR) is 132 cm³/mol. The Hall–Kier alpha value is -3.40. The van der Waals surface area contributed by atoms with Gasteiger partial charge in [0, 0.05) is 7.11 Å². The van der Waals surface area contributed by atoms with Crippen molar-refractivity contribution in [2.45, 2.75) is 19.8 Å². The first-order valence-electron chi connectivity index (χ1n) is 10.6. The maximum atomic E-state index is 5.61.